The fourth-order valence-electron chi connectivity index (χ4n) is 2.58. The summed E-state index contributed by atoms with van der Waals surface area (Å²) in [5.41, 5.74) is 1.12. The van der Waals surface area contributed by atoms with Crippen LogP contribution in [0.1, 0.15) is 80.6 Å². The van der Waals surface area contributed by atoms with E-state index in [9.17, 15) is 9.59 Å². The monoisotopic (exact) mass is 310 g/mol. The van der Waals surface area contributed by atoms with Crippen molar-refractivity contribution in [3.05, 3.63) is 11.6 Å². The van der Waals surface area contributed by atoms with Gasteiger partial charge < -0.3 is 4.74 Å². The van der Waals surface area contributed by atoms with E-state index in [4.69, 9.17) is 4.74 Å². The highest BCUT2D eigenvalue weighted by Crippen LogP contribution is 2.31. The topological polar surface area (TPSA) is 43.4 Å². The highest BCUT2D eigenvalue weighted by Gasteiger charge is 2.24. The van der Waals surface area contributed by atoms with Crippen LogP contribution in [-0.2, 0) is 14.3 Å². The zero-order chi connectivity index (χ0) is 17.4. The van der Waals surface area contributed by atoms with Gasteiger partial charge in [-0.3, -0.25) is 4.79 Å². The average Bonchev–Trinajstić information content (AvgIpc) is 2.24. The normalized spacial score (nSPS) is 13.1. The predicted octanol–water partition coefficient (Wildman–Crippen LogP) is 5.09. The van der Waals surface area contributed by atoms with E-state index in [1.165, 1.54) is 0 Å². The summed E-state index contributed by atoms with van der Waals surface area (Å²) >= 11 is 0. The summed E-state index contributed by atoms with van der Waals surface area (Å²) in [7, 11) is 0. The van der Waals surface area contributed by atoms with Crippen LogP contribution in [0, 0.1) is 10.8 Å². The Morgan fingerprint density at radius 1 is 1.05 bits per heavy atom. The lowest BCUT2D eigenvalue weighted by molar-refractivity contribution is -0.137. The van der Waals surface area contributed by atoms with Crippen LogP contribution in [0.2, 0.25) is 0 Å². The Labute approximate surface area is 136 Å². The molecule has 0 rings (SSSR count). The first-order valence-corrected chi connectivity index (χ1v) is 8.31. The number of rotatable bonds is 9. The summed E-state index contributed by atoms with van der Waals surface area (Å²) in [6.45, 7) is 14.8. The summed E-state index contributed by atoms with van der Waals surface area (Å²) in [5.74, 6) is 0.0795. The summed E-state index contributed by atoms with van der Waals surface area (Å²) in [6.07, 6.45) is 5.68. The second kappa shape index (κ2) is 9.12. The van der Waals surface area contributed by atoms with Crippen LogP contribution in [-0.4, -0.2) is 18.4 Å². The number of ketones is 1. The molecular formula is C19H34O3. The summed E-state index contributed by atoms with van der Waals surface area (Å²) in [5, 5.41) is 0. The fraction of sp³-hybridized carbons (Fsp3) is 0.789. The zero-order valence-corrected chi connectivity index (χ0v) is 15.5. The van der Waals surface area contributed by atoms with Gasteiger partial charge in [-0.15, -0.1) is 0 Å². The van der Waals surface area contributed by atoms with Gasteiger partial charge in [0, 0.05) is 18.9 Å². The molecule has 0 heterocycles. The van der Waals surface area contributed by atoms with E-state index in [2.05, 4.69) is 34.6 Å². The van der Waals surface area contributed by atoms with E-state index < -0.39 is 0 Å². The molecule has 0 saturated heterocycles. The number of allylic oxidation sites excluding steroid dienone is 1. The first-order chi connectivity index (χ1) is 9.95. The van der Waals surface area contributed by atoms with Crippen molar-refractivity contribution in [3.8, 4) is 0 Å². The lowest BCUT2D eigenvalue weighted by atomic mass is 9.78. The van der Waals surface area contributed by atoms with Crippen LogP contribution in [0.4, 0.5) is 0 Å². The van der Waals surface area contributed by atoms with Crippen molar-refractivity contribution in [3.63, 3.8) is 0 Å². The number of hydrogen-bond donors (Lipinski definition) is 0. The minimum Gasteiger partial charge on any atom is -0.463 e. The smallest absolute Gasteiger partial charge is 0.330 e. The van der Waals surface area contributed by atoms with Gasteiger partial charge in [0.1, 0.15) is 5.78 Å². The summed E-state index contributed by atoms with van der Waals surface area (Å²) in [4.78, 5) is 23.5. The fourth-order valence-corrected chi connectivity index (χ4v) is 2.58. The van der Waals surface area contributed by atoms with Crippen molar-refractivity contribution in [1.29, 1.82) is 0 Å². The number of ether oxygens (including phenoxy) is 1. The molecule has 0 amide bonds. The van der Waals surface area contributed by atoms with Gasteiger partial charge in [0.2, 0.25) is 0 Å². The quantitative estimate of drug-likeness (QED) is 0.440. The third-order valence-corrected chi connectivity index (χ3v) is 3.48. The number of Topliss-reactive ketones (excluding diaryl/α,β-unsaturated/α-hetero) is 1. The molecule has 0 aliphatic carbocycles. The van der Waals surface area contributed by atoms with Crippen LogP contribution in [0.25, 0.3) is 0 Å². The van der Waals surface area contributed by atoms with Crippen molar-refractivity contribution in [2.24, 2.45) is 10.8 Å². The number of hydrogen-bond acceptors (Lipinski definition) is 3. The van der Waals surface area contributed by atoms with Crippen molar-refractivity contribution in [1.82, 2.24) is 0 Å². The van der Waals surface area contributed by atoms with E-state index in [1.54, 1.807) is 13.0 Å². The molecule has 0 aromatic heterocycles. The van der Waals surface area contributed by atoms with Gasteiger partial charge >= 0.3 is 5.97 Å². The molecule has 3 nitrogen and oxygen atoms in total. The Bertz CT molecular complexity index is 397. The lowest BCUT2D eigenvalue weighted by Gasteiger charge is -2.26. The number of carbonyl (C=O) groups is 2. The third-order valence-electron chi connectivity index (χ3n) is 3.48. The van der Waals surface area contributed by atoms with Crippen LogP contribution in [0.3, 0.4) is 0 Å². The number of carbonyl (C=O) groups excluding carboxylic acids is 2. The molecule has 0 radical (unpaired) electrons. The molecular weight excluding hydrogens is 276 g/mol. The van der Waals surface area contributed by atoms with Crippen molar-refractivity contribution in [2.45, 2.75) is 80.6 Å². The van der Waals surface area contributed by atoms with E-state index in [1.807, 2.05) is 6.92 Å². The van der Waals surface area contributed by atoms with Crippen LogP contribution in [0.5, 0.6) is 0 Å². The molecule has 0 N–H and O–H groups in total. The Morgan fingerprint density at radius 3 is 2.14 bits per heavy atom. The van der Waals surface area contributed by atoms with Crippen molar-refractivity contribution < 1.29 is 14.3 Å². The molecule has 0 aliphatic rings. The molecule has 0 spiro atoms. The molecule has 0 unspecified atom stereocenters. The molecule has 128 valence electrons. The van der Waals surface area contributed by atoms with Gasteiger partial charge in [0.15, 0.2) is 0 Å². The standard InChI is InChI=1S/C19H34O3/c1-8-22-17(21)12-15(2)10-9-11-19(6,7)14-16(20)13-18(3,4)5/h12H,8-11,13-14H2,1-7H3/b15-12-. The minimum atomic E-state index is -0.264. The van der Waals surface area contributed by atoms with E-state index >= 15 is 0 Å². The van der Waals surface area contributed by atoms with E-state index in [0.717, 1.165) is 24.8 Å². The highest BCUT2D eigenvalue weighted by atomic mass is 16.5. The molecule has 3 heteroatoms. The molecule has 0 aliphatic heterocycles. The van der Waals surface area contributed by atoms with Gasteiger partial charge in [-0.25, -0.2) is 4.79 Å². The van der Waals surface area contributed by atoms with Gasteiger partial charge in [0.05, 0.1) is 6.61 Å². The predicted molar refractivity (Wildman–Crippen MR) is 91.7 cm³/mol. The minimum absolute atomic E-state index is 0.0204. The molecule has 22 heavy (non-hydrogen) atoms. The molecule has 0 saturated carbocycles. The maximum absolute atomic E-state index is 12.1. The molecule has 0 aromatic carbocycles. The first kappa shape index (κ1) is 20.9. The Balaban J connectivity index is 4.22. The van der Waals surface area contributed by atoms with Crippen LogP contribution >= 0.6 is 0 Å². The van der Waals surface area contributed by atoms with E-state index in [-0.39, 0.29) is 16.8 Å². The SMILES string of the molecule is CCOC(=O)/C=C(/C)CCCC(C)(C)CC(=O)CC(C)(C)C. The van der Waals surface area contributed by atoms with Gasteiger partial charge in [-0.2, -0.15) is 0 Å². The van der Waals surface area contributed by atoms with Gasteiger partial charge in [-0.05, 0) is 43.9 Å². The first-order valence-electron chi connectivity index (χ1n) is 8.31. The Morgan fingerprint density at radius 2 is 1.64 bits per heavy atom. The average molecular weight is 310 g/mol. The van der Waals surface area contributed by atoms with Gasteiger partial charge in [0.25, 0.3) is 0 Å². The maximum Gasteiger partial charge on any atom is 0.330 e. The molecule has 0 aromatic rings. The maximum atomic E-state index is 12.1. The van der Waals surface area contributed by atoms with Crippen LogP contribution < -0.4 is 0 Å². The summed E-state index contributed by atoms with van der Waals surface area (Å²) < 4.78 is 4.90. The largest absolute Gasteiger partial charge is 0.463 e. The molecule has 0 bridgehead atoms. The van der Waals surface area contributed by atoms with Gasteiger partial charge in [-0.1, -0.05) is 40.2 Å². The second-order valence-corrected chi connectivity index (χ2v) is 8.21. The number of esters is 1. The second-order valence-electron chi connectivity index (χ2n) is 8.21. The zero-order valence-electron chi connectivity index (χ0n) is 15.5. The van der Waals surface area contributed by atoms with Crippen LogP contribution in [0.15, 0.2) is 11.6 Å². The summed E-state index contributed by atoms with van der Waals surface area (Å²) in [6, 6.07) is 0. The lowest BCUT2D eigenvalue weighted by Crippen LogP contribution is -2.21. The Kier molecular flexibility index (Phi) is 8.65. The highest BCUT2D eigenvalue weighted by molar-refractivity contribution is 5.82. The van der Waals surface area contributed by atoms with Crippen molar-refractivity contribution in [2.75, 3.05) is 6.61 Å². The van der Waals surface area contributed by atoms with Crippen molar-refractivity contribution >= 4 is 11.8 Å². The molecule has 0 fully saturated rings. The molecule has 0 atom stereocenters. The Hall–Kier alpha value is -1.12. The third kappa shape index (κ3) is 11.5. The van der Waals surface area contributed by atoms with E-state index in [0.29, 0.717) is 25.2 Å².